The van der Waals surface area contributed by atoms with Gasteiger partial charge >= 0.3 is 0 Å². The maximum absolute atomic E-state index is 13.2. The smallest absolute Gasteiger partial charge is 0.255 e. The van der Waals surface area contributed by atoms with Crippen molar-refractivity contribution in [3.63, 3.8) is 0 Å². The third-order valence-electron chi connectivity index (χ3n) is 3.94. The van der Waals surface area contributed by atoms with Gasteiger partial charge in [0, 0.05) is 29.9 Å². The molecule has 124 valence electrons. The van der Waals surface area contributed by atoms with Gasteiger partial charge in [-0.25, -0.2) is 8.78 Å². The molecule has 0 bridgehead atoms. The highest BCUT2D eigenvalue weighted by atomic mass is 19.2. The van der Waals surface area contributed by atoms with Crippen LogP contribution in [0.1, 0.15) is 29.6 Å². The van der Waals surface area contributed by atoms with Crippen molar-refractivity contribution in [2.75, 3.05) is 16.8 Å². The van der Waals surface area contributed by atoms with Crippen molar-refractivity contribution in [2.45, 2.75) is 19.3 Å². The lowest BCUT2D eigenvalue weighted by atomic mass is 10.1. The molecular weight excluding hydrogens is 314 g/mol. The summed E-state index contributed by atoms with van der Waals surface area (Å²) >= 11 is 0. The minimum atomic E-state index is -1.07. The second kappa shape index (κ2) is 6.78. The van der Waals surface area contributed by atoms with Crippen molar-refractivity contribution >= 4 is 23.2 Å². The van der Waals surface area contributed by atoms with Gasteiger partial charge in [0.2, 0.25) is 5.91 Å². The highest BCUT2D eigenvalue weighted by Gasteiger charge is 2.19. The van der Waals surface area contributed by atoms with E-state index in [9.17, 15) is 18.4 Å². The molecule has 1 heterocycles. The first-order chi connectivity index (χ1) is 11.5. The van der Waals surface area contributed by atoms with Crippen LogP contribution < -0.4 is 10.2 Å². The van der Waals surface area contributed by atoms with Crippen LogP contribution >= 0.6 is 0 Å². The number of nitrogens with zero attached hydrogens (tertiary/aromatic N) is 1. The number of piperidine rings is 1. The molecule has 1 saturated heterocycles. The summed E-state index contributed by atoms with van der Waals surface area (Å²) in [7, 11) is 0. The Labute approximate surface area is 138 Å². The second-order valence-corrected chi connectivity index (χ2v) is 5.63. The highest BCUT2D eigenvalue weighted by molar-refractivity contribution is 6.04. The Morgan fingerprint density at radius 2 is 1.75 bits per heavy atom. The van der Waals surface area contributed by atoms with Gasteiger partial charge in [-0.05, 0) is 55.3 Å². The molecule has 0 aromatic heterocycles. The van der Waals surface area contributed by atoms with Crippen molar-refractivity contribution in [1.29, 1.82) is 0 Å². The van der Waals surface area contributed by atoms with E-state index in [1.54, 1.807) is 29.2 Å². The highest BCUT2D eigenvalue weighted by Crippen LogP contribution is 2.23. The number of benzene rings is 2. The Morgan fingerprint density at radius 3 is 2.42 bits per heavy atom. The van der Waals surface area contributed by atoms with Gasteiger partial charge < -0.3 is 10.2 Å². The van der Waals surface area contributed by atoms with Gasteiger partial charge in [0.05, 0.1) is 0 Å². The Morgan fingerprint density at radius 1 is 1.00 bits per heavy atom. The zero-order valence-electron chi connectivity index (χ0n) is 12.9. The van der Waals surface area contributed by atoms with E-state index in [2.05, 4.69) is 5.32 Å². The lowest BCUT2D eigenvalue weighted by Gasteiger charge is -2.26. The number of nitrogens with one attached hydrogen (secondary N) is 1. The monoisotopic (exact) mass is 330 g/mol. The summed E-state index contributed by atoms with van der Waals surface area (Å²) in [5.74, 6) is -2.50. The first kappa shape index (κ1) is 16.1. The van der Waals surface area contributed by atoms with Gasteiger partial charge in [-0.2, -0.15) is 0 Å². The fourth-order valence-corrected chi connectivity index (χ4v) is 2.64. The largest absolute Gasteiger partial charge is 0.322 e. The maximum Gasteiger partial charge on any atom is 0.255 e. The van der Waals surface area contributed by atoms with Crippen LogP contribution in [0.15, 0.2) is 42.5 Å². The number of carbonyl (C=O) groups is 2. The molecular formula is C18H16F2N2O2. The van der Waals surface area contributed by atoms with Gasteiger partial charge in [-0.1, -0.05) is 0 Å². The predicted octanol–water partition coefficient (Wildman–Crippen LogP) is 3.73. The van der Waals surface area contributed by atoms with Crippen LogP contribution in [0.3, 0.4) is 0 Å². The molecule has 2 amide bonds. The minimum absolute atomic E-state index is 0.0317. The summed E-state index contributed by atoms with van der Waals surface area (Å²) in [6.07, 6.45) is 2.44. The number of halogens is 2. The van der Waals surface area contributed by atoms with Crippen LogP contribution in [0.5, 0.6) is 0 Å². The number of hydrogen-bond donors (Lipinski definition) is 1. The van der Waals surface area contributed by atoms with E-state index in [-0.39, 0.29) is 11.5 Å². The maximum atomic E-state index is 13.2. The predicted molar refractivity (Wildman–Crippen MR) is 87.0 cm³/mol. The zero-order chi connectivity index (χ0) is 17.1. The van der Waals surface area contributed by atoms with Crippen molar-refractivity contribution in [3.8, 4) is 0 Å². The Bertz CT molecular complexity index is 775. The van der Waals surface area contributed by atoms with Crippen molar-refractivity contribution in [2.24, 2.45) is 0 Å². The van der Waals surface area contributed by atoms with E-state index in [1.165, 1.54) is 6.07 Å². The molecule has 0 saturated carbocycles. The summed E-state index contributed by atoms with van der Waals surface area (Å²) in [5.41, 5.74) is 1.33. The van der Waals surface area contributed by atoms with Gasteiger partial charge in [0.15, 0.2) is 11.6 Å². The van der Waals surface area contributed by atoms with Gasteiger partial charge in [0.1, 0.15) is 0 Å². The summed E-state index contributed by atoms with van der Waals surface area (Å²) < 4.78 is 26.1. The lowest BCUT2D eigenvalue weighted by Crippen LogP contribution is -2.35. The van der Waals surface area contributed by atoms with E-state index in [0.29, 0.717) is 18.7 Å². The Kier molecular flexibility index (Phi) is 4.55. The van der Waals surface area contributed by atoms with Crippen LogP contribution in [-0.4, -0.2) is 18.4 Å². The molecule has 1 fully saturated rings. The van der Waals surface area contributed by atoms with Crippen molar-refractivity contribution < 1.29 is 18.4 Å². The molecule has 0 spiro atoms. The van der Waals surface area contributed by atoms with Crippen LogP contribution in [-0.2, 0) is 4.79 Å². The molecule has 1 aliphatic heterocycles. The Hall–Kier alpha value is -2.76. The molecule has 4 nitrogen and oxygen atoms in total. The molecule has 1 aliphatic rings. The van der Waals surface area contributed by atoms with E-state index >= 15 is 0 Å². The van der Waals surface area contributed by atoms with Crippen LogP contribution in [0.4, 0.5) is 20.2 Å². The second-order valence-electron chi connectivity index (χ2n) is 5.63. The molecule has 6 heteroatoms. The molecule has 0 radical (unpaired) electrons. The van der Waals surface area contributed by atoms with Crippen LogP contribution in [0.25, 0.3) is 0 Å². The molecule has 3 rings (SSSR count). The number of hydrogen-bond acceptors (Lipinski definition) is 2. The summed E-state index contributed by atoms with van der Waals surface area (Å²) in [4.78, 5) is 25.7. The fourth-order valence-electron chi connectivity index (χ4n) is 2.64. The average molecular weight is 330 g/mol. The number of carbonyl (C=O) groups excluding carboxylic acids is 2. The number of amides is 2. The first-order valence-corrected chi connectivity index (χ1v) is 7.71. The zero-order valence-corrected chi connectivity index (χ0v) is 12.9. The SMILES string of the molecule is O=C(Nc1ccc(N2CCCCC2=O)cc1)c1ccc(F)c(F)c1. The van der Waals surface area contributed by atoms with Gasteiger partial charge in [0.25, 0.3) is 5.91 Å². The third kappa shape index (κ3) is 3.42. The fraction of sp³-hybridized carbons (Fsp3) is 0.222. The number of rotatable bonds is 3. The molecule has 0 aliphatic carbocycles. The van der Waals surface area contributed by atoms with E-state index in [1.807, 2.05) is 0 Å². The van der Waals surface area contributed by atoms with Crippen LogP contribution in [0.2, 0.25) is 0 Å². The van der Waals surface area contributed by atoms with Crippen molar-refractivity contribution in [3.05, 3.63) is 59.7 Å². The normalized spacial score (nSPS) is 14.6. The van der Waals surface area contributed by atoms with E-state index < -0.39 is 17.5 Å². The molecule has 0 unspecified atom stereocenters. The Balaban J connectivity index is 1.70. The molecule has 2 aromatic carbocycles. The minimum Gasteiger partial charge on any atom is -0.322 e. The summed E-state index contributed by atoms with van der Waals surface area (Å²) in [6.45, 7) is 0.694. The average Bonchev–Trinajstić information content (AvgIpc) is 2.58. The van der Waals surface area contributed by atoms with E-state index in [0.717, 1.165) is 30.7 Å². The first-order valence-electron chi connectivity index (χ1n) is 7.71. The molecule has 24 heavy (non-hydrogen) atoms. The van der Waals surface area contributed by atoms with Gasteiger partial charge in [-0.3, -0.25) is 9.59 Å². The van der Waals surface area contributed by atoms with Crippen LogP contribution in [0, 0.1) is 11.6 Å². The van der Waals surface area contributed by atoms with Crippen molar-refractivity contribution in [1.82, 2.24) is 0 Å². The quantitative estimate of drug-likeness (QED) is 0.932. The third-order valence-corrected chi connectivity index (χ3v) is 3.94. The van der Waals surface area contributed by atoms with Gasteiger partial charge in [-0.15, -0.1) is 0 Å². The summed E-state index contributed by atoms with van der Waals surface area (Å²) in [6, 6.07) is 9.84. The molecule has 0 atom stereocenters. The number of anilines is 2. The molecule has 1 N–H and O–H groups in total. The molecule has 2 aromatic rings. The lowest BCUT2D eigenvalue weighted by molar-refractivity contribution is -0.119. The topological polar surface area (TPSA) is 49.4 Å². The summed E-state index contributed by atoms with van der Waals surface area (Å²) in [5, 5.41) is 2.61. The standard InChI is InChI=1S/C18H16F2N2O2/c19-15-9-4-12(11-16(15)20)18(24)21-13-5-7-14(8-6-13)22-10-2-1-3-17(22)23/h4-9,11H,1-3,10H2,(H,21,24). The van der Waals surface area contributed by atoms with E-state index in [4.69, 9.17) is 0 Å².